The molecule has 0 radical (unpaired) electrons. The van der Waals surface area contributed by atoms with Gasteiger partial charge in [0, 0.05) is 17.5 Å². The van der Waals surface area contributed by atoms with Crippen molar-refractivity contribution in [1.29, 1.82) is 0 Å². The molecule has 116 valence electrons. The normalized spacial score (nSPS) is 11.7. The molecule has 0 saturated heterocycles. The Kier molecular flexibility index (Phi) is 4.46. The molecule has 3 N–H and O–H groups in total. The van der Waals surface area contributed by atoms with E-state index in [0.717, 1.165) is 0 Å². The van der Waals surface area contributed by atoms with Gasteiger partial charge in [0.05, 0.1) is 14.2 Å². The van der Waals surface area contributed by atoms with Gasteiger partial charge in [-0.25, -0.2) is 0 Å². The van der Waals surface area contributed by atoms with E-state index in [0.29, 0.717) is 16.9 Å². The van der Waals surface area contributed by atoms with Gasteiger partial charge in [0.1, 0.15) is 5.75 Å². The Balaban J connectivity index is 2.51. The minimum absolute atomic E-state index is 0.0101. The van der Waals surface area contributed by atoms with Crippen molar-refractivity contribution in [2.45, 2.75) is 5.92 Å². The number of hydrogen-bond acceptors (Lipinski definition) is 5. The smallest absolute Gasteiger partial charge is 0.164 e. The van der Waals surface area contributed by atoms with E-state index in [4.69, 9.17) is 9.47 Å². The number of rotatable bonds is 5. The number of phenols is 3. The molecule has 0 saturated carbocycles. The second-order valence-corrected chi connectivity index (χ2v) is 4.73. The van der Waals surface area contributed by atoms with Gasteiger partial charge < -0.3 is 24.8 Å². The number of hydrogen-bond donors (Lipinski definition) is 3. The summed E-state index contributed by atoms with van der Waals surface area (Å²) in [7, 11) is 2.87. The van der Waals surface area contributed by atoms with Crippen molar-refractivity contribution < 1.29 is 24.8 Å². The molecule has 0 aliphatic carbocycles. The minimum Gasteiger partial charge on any atom is -0.507 e. The summed E-state index contributed by atoms with van der Waals surface area (Å²) < 4.78 is 9.97. The van der Waals surface area contributed by atoms with Gasteiger partial charge in [0.2, 0.25) is 0 Å². The lowest BCUT2D eigenvalue weighted by Gasteiger charge is -2.17. The van der Waals surface area contributed by atoms with Crippen LogP contribution in [0.5, 0.6) is 28.7 Å². The summed E-state index contributed by atoms with van der Waals surface area (Å²) in [5.74, 6) is 0.00225. The number of aromatic hydroxyl groups is 3. The fourth-order valence-corrected chi connectivity index (χ4v) is 2.33. The van der Waals surface area contributed by atoms with Crippen LogP contribution in [-0.4, -0.2) is 29.5 Å². The Morgan fingerprint density at radius 3 is 2.09 bits per heavy atom. The third kappa shape index (κ3) is 2.79. The highest BCUT2D eigenvalue weighted by molar-refractivity contribution is 5.55. The Hall–Kier alpha value is -2.82. The maximum Gasteiger partial charge on any atom is 0.164 e. The lowest BCUT2D eigenvalue weighted by molar-refractivity contribution is 0.367. The van der Waals surface area contributed by atoms with Gasteiger partial charge in [-0.3, -0.25) is 0 Å². The van der Waals surface area contributed by atoms with Gasteiger partial charge >= 0.3 is 0 Å². The molecule has 0 aromatic heterocycles. The molecular weight excluding hydrogens is 284 g/mol. The maximum absolute atomic E-state index is 10.2. The van der Waals surface area contributed by atoms with Crippen molar-refractivity contribution in [3.8, 4) is 28.7 Å². The highest BCUT2D eigenvalue weighted by Crippen LogP contribution is 2.41. The number of allylic oxidation sites excluding steroid dienone is 1. The maximum atomic E-state index is 10.2. The van der Waals surface area contributed by atoms with E-state index in [1.165, 1.54) is 32.4 Å². The SMILES string of the molecule is C=CC(c1ccc(OC)c(O)c1)c1cc(O)c(OC)cc1O. The van der Waals surface area contributed by atoms with Crippen LogP contribution in [0.25, 0.3) is 0 Å². The van der Waals surface area contributed by atoms with Crippen LogP contribution < -0.4 is 9.47 Å². The third-order valence-corrected chi connectivity index (χ3v) is 3.46. The molecule has 5 heteroatoms. The molecule has 0 amide bonds. The first-order valence-electron chi connectivity index (χ1n) is 6.61. The van der Waals surface area contributed by atoms with Gasteiger partial charge in [0.25, 0.3) is 0 Å². The van der Waals surface area contributed by atoms with E-state index in [1.54, 1.807) is 18.2 Å². The molecule has 5 nitrogen and oxygen atoms in total. The lowest BCUT2D eigenvalue weighted by atomic mass is 9.90. The van der Waals surface area contributed by atoms with E-state index >= 15 is 0 Å². The number of benzene rings is 2. The summed E-state index contributed by atoms with van der Waals surface area (Å²) in [6.07, 6.45) is 1.61. The van der Waals surface area contributed by atoms with Crippen molar-refractivity contribution in [3.05, 3.63) is 54.1 Å². The highest BCUT2D eigenvalue weighted by Gasteiger charge is 2.19. The molecular formula is C17H18O5. The molecule has 0 spiro atoms. The van der Waals surface area contributed by atoms with Gasteiger partial charge in [-0.1, -0.05) is 12.1 Å². The van der Waals surface area contributed by atoms with Gasteiger partial charge in [-0.05, 0) is 23.8 Å². The first kappa shape index (κ1) is 15.6. The first-order valence-corrected chi connectivity index (χ1v) is 6.61. The monoisotopic (exact) mass is 302 g/mol. The van der Waals surface area contributed by atoms with Gasteiger partial charge in [0.15, 0.2) is 23.0 Å². The van der Waals surface area contributed by atoms with E-state index in [1.807, 2.05) is 0 Å². The zero-order valence-corrected chi connectivity index (χ0v) is 12.4. The Bertz CT molecular complexity index is 694. The molecule has 0 aliphatic rings. The lowest BCUT2D eigenvalue weighted by Crippen LogP contribution is -1.99. The van der Waals surface area contributed by atoms with E-state index in [-0.39, 0.29) is 23.0 Å². The fourth-order valence-electron chi connectivity index (χ4n) is 2.33. The average Bonchev–Trinajstić information content (AvgIpc) is 2.51. The van der Waals surface area contributed by atoms with Crippen LogP contribution in [0.15, 0.2) is 43.0 Å². The van der Waals surface area contributed by atoms with Crippen LogP contribution in [0.4, 0.5) is 0 Å². The number of ether oxygens (including phenoxy) is 2. The molecule has 0 aliphatic heterocycles. The zero-order valence-electron chi connectivity index (χ0n) is 12.4. The van der Waals surface area contributed by atoms with Crippen LogP contribution in [0.2, 0.25) is 0 Å². The first-order chi connectivity index (χ1) is 10.5. The Morgan fingerprint density at radius 2 is 1.55 bits per heavy atom. The summed E-state index contributed by atoms with van der Waals surface area (Å²) in [5.41, 5.74) is 1.16. The van der Waals surface area contributed by atoms with Crippen LogP contribution >= 0.6 is 0 Å². The molecule has 1 unspecified atom stereocenters. The molecule has 2 aromatic carbocycles. The summed E-state index contributed by atoms with van der Waals surface area (Å²) in [6.45, 7) is 3.76. The van der Waals surface area contributed by atoms with Crippen LogP contribution in [-0.2, 0) is 0 Å². The van der Waals surface area contributed by atoms with Crippen molar-refractivity contribution >= 4 is 0 Å². The molecule has 22 heavy (non-hydrogen) atoms. The molecule has 0 bridgehead atoms. The van der Waals surface area contributed by atoms with Crippen molar-refractivity contribution in [3.63, 3.8) is 0 Å². The van der Waals surface area contributed by atoms with Crippen molar-refractivity contribution in [1.82, 2.24) is 0 Å². The summed E-state index contributed by atoms with van der Waals surface area (Å²) >= 11 is 0. The van der Waals surface area contributed by atoms with E-state index < -0.39 is 5.92 Å². The minimum atomic E-state index is -0.409. The molecule has 0 fully saturated rings. The molecule has 0 heterocycles. The Labute approximate surface area is 128 Å². The predicted octanol–water partition coefficient (Wildman–Crippen LogP) is 3.14. The molecule has 1 atom stereocenters. The quantitative estimate of drug-likeness (QED) is 0.584. The summed E-state index contributed by atoms with van der Waals surface area (Å²) in [5, 5.41) is 30.0. The fraction of sp³-hybridized carbons (Fsp3) is 0.176. The van der Waals surface area contributed by atoms with Crippen molar-refractivity contribution in [2.75, 3.05) is 14.2 Å². The van der Waals surface area contributed by atoms with Crippen LogP contribution in [0.3, 0.4) is 0 Å². The van der Waals surface area contributed by atoms with Gasteiger partial charge in [-0.15, -0.1) is 6.58 Å². The van der Waals surface area contributed by atoms with Crippen LogP contribution in [0, 0.1) is 0 Å². The zero-order chi connectivity index (χ0) is 16.3. The third-order valence-electron chi connectivity index (χ3n) is 3.46. The second kappa shape index (κ2) is 6.30. The summed E-state index contributed by atoms with van der Waals surface area (Å²) in [6, 6.07) is 7.67. The standard InChI is InChI=1S/C17H18O5/c1-4-11(10-5-6-16(21-2)14(19)7-10)12-8-15(20)17(22-3)9-13(12)18/h4-9,11,18-20H,1H2,2-3H3. The topological polar surface area (TPSA) is 79.2 Å². The van der Waals surface area contributed by atoms with E-state index in [9.17, 15) is 15.3 Å². The van der Waals surface area contributed by atoms with Crippen molar-refractivity contribution in [2.24, 2.45) is 0 Å². The average molecular weight is 302 g/mol. The highest BCUT2D eigenvalue weighted by atomic mass is 16.5. The predicted molar refractivity (Wildman–Crippen MR) is 83.0 cm³/mol. The largest absolute Gasteiger partial charge is 0.507 e. The van der Waals surface area contributed by atoms with E-state index in [2.05, 4.69) is 6.58 Å². The second-order valence-electron chi connectivity index (χ2n) is 4.73. The van der Waals surface area contributed by atoms with Crippen LogP contribution in [0.1, 0.15) is 17.0 Å². The number of methoxy groups -OCH3 is 2. The molecule has 2 aromatic rings. The number of phenolic OH excluding ortho intramolecular Hbond substituents is 3. The molecule has 2 rings (SSSR count). The van der Waals surface area contributed by atoms with Gasteiger partial charge in [-0.2, -0.15) is 0 Å². The summed E-state index contributed by atoms with van der Waals surface area (Å²) in [4.78, 5) is 0. The Morgan fingerprint density at radius 1 is 0.909 bits per heavy atom.